The van der Waals surface area contributed by atoms with Crippen molar-refractivity contribution >= 4 is 34.7 Å². The third-order valence-corrected chi connectivity index (χ3v) is 5.46. The van der Waals surface area contributed by atoms with E-state index in [9.17, 15) is 9.59 Å². The van der Waals surface area contributed by atoms with Crippen LogP contribution in [-0.2, 0) is 4.79 Å². The topological polar surface area (TPSA) is 42.3 Å². The Bertz CT molecular complexity index is 804. The van der Waals surface area contributed by atoms with Gasteiger partial charge in [-0.15, -0.1) is 0 Å². The zero-order valence-electron chi connectivity index (χ0n) is 13.2. The van der Waals surface area contributed by atoms with Crippen molar-refractivity contribution in [2.24, 2.45) is 0 Å². The van der Waals surface area contributed by atoms with Gasteiger partial charge in [-0.05, 0) is 54.4 Å². The molecule has 2 aliphatic rings. The molecule has 2 amide bonds. The number of nitrogens with zero attached hydrogens (tertiary/aromatic N) is 2. The first-order valence-electron chi connectivity index (χ1n) is 8.23. The molecule has 2 aromatic rings. The number of anilines is 1. The number of aromatic nitrogens is 1. The van der Waals surface area contributed by atoms with Gasteiger partial charge in [-0.2, -0.15) is 0 Å². The molecule has 2 heterocycles. The summed E-state index contributed by atoms with van der Waals surface area (Å²) in [6.07, 6.45) is 11.0. The molecular formula is C19H18N2O2S. The van der Waals surface area contributed by atoms with Crippen molar-refractivity contribution in [3.05, 3.63) is 59.3 Å². The maximum absolute atomic E-state index is 12.6. The summed E-state index contributed by atoms with van der Waals surface area (Å²) in [6.45, 7) is 0. The predicted molar refractivity (Wildman–Crippen MR) is 96.8 cm³/mol. The lowest BCUT2D eigenvalue weighted by Crippen LogP contribution is -2.27. The molecule has 2 fully saturated rings. The molecule has 1 aromatic carbocycles. The molecule has 0 unspecified atom stereocenters. The highest BCUT2D eigenvalue weighted by atomic mass is 32.2. The molecule has 122 valence electrons. The van der Waals surface area contributed by atoms with Gasteiger partial charge in [-0.3, -0.25) is 9.59 Å². The van der Waals surface area contributed by atoms with Gasteiger partial charge in [0.25, 0.3) is 11.1 Å². The van der Waals surface area contributed by atoms with Crippen LogP contribution in [0, 0.1) is 0 Å². The van der Waals surface area contributed by atoms with Crippen LogP contribution in [-0.4, -0.2) is 15.7 Å². The monoisotopic (exact) mass is 338 g/mol. The Labute approximate surface area is 145 Å². The number of amides is 2. The fraction of sp³-hybridized carbons (Fsp3) is 0.263. The molecule has 1 aromatic heterocycles. The highest BCUT2D eigenvalue weighted by Crippen LogP contribution is 2.36. The molecule has 0 radical (unpaired) electrons. The minimum atomic E-state index is -0.246. The summed E-state index contributed by atoms with van der Waals surface area (Å²) in [5.41, 5.74) is 1.59. The van der Waals surface area contributed by atoms with Gasteiger partial charge >= 0.3 is 0 Å². The van der Waals surface area contributed by atoms with E-state index in [1.807, 2.05) is 30.3 Å². The Hall–Kier alpha value is -2.27. The smallest absolute Gasteiger partial charge is 0.298 e. The quantitative estimate of drug-likeness (QED) is 0.752. The number of rotatable bonds is 3. The summed E-state index contributed by atoms with van der Waals surface area (Å²) in [4.78, 5) is 26.5. The molecule has 1 saturated carbocycles. The first kappa shape index (κ1) is 15.3. The number of hydrogen-bond donors (Lipinski definition) is 0. The second kappa shape index (κ2) is 6.32. The highest BCUT2D eigenvalue weighted by molar-refractivity contribution is 8.19. The van der Waals surface area contributed by atoms with E-state index in [-0.39, 0.29) is 11.1 Å². The summed E-state index contributed by atoms with van der Waals surface area (Å²) in [5, 5.41) is -0.243. The van der Waals surface area contributed by atoms with Gasteiger partial charge in [-0.1, -0.05) is 31.0 Å². The minimum absolute atomic E-state index is 0.243. The number of hydrogen-bond acceptors (Lipinski definition) is 3. The molecule has 24 heavy (non-hydrogen) atoms. The third kappa shape index (κ3) is 2.80. The van der Waals surface area contributed by atoms with E-state index in [2.05, 4.69) is 17.0 Å². The Morgan fingerprint density at radius 3 is 2.54 bits per heavy atom. The van der Waals surface area contributed by atoms with Crippen LogP contribution in [0.2, 0.25) is 0 Å². The zero-order chi connectivity index (χ0) is 16.5. The lowest BCUT2D eigenvalue weighted by molar-refractivity contribution is -0.113. The number of carbonyl (C=O) groups is 2. The second-order valence-electron chi connectivity index (χ2n) is 6.18. The number of thioether (sulfide) groups is 1. The maximum atomic E-state index is 12.6. The molecule has 0 spiro atoms. The molecule has 4 rings (SSSR count). The second-order valence-corrected chi connectivity index (χ2v) is 7.18. The number of benzene rings is 1. The molecule has 0 atom stereocenters. The summed E-state index contributed by atoms with van der Waals surface area (Å²) in [7, 11) is 0. The molecule has 1 aliphatic heterocycles. The Kier molecular flexibility index (Phi) is 4.02. The van der Waals surface area contributed by atoms with Crippen molar-refractivity contribution < 1.29 is 9.59 Å². The molecule has 0 N–H and O–H groups in total. The normalized spacial score (nSPS) is 20.5. The average Bonchev–Trinajstić information content (AvgIpc) is 3.31. The lowest BCUT2D eigenvalue weighted by Gasteiger charge is -2.11. The van der Waals surface area contributed by atoms with Crippen LogP contribution in [0.3, 0.4) is 0 Å². The van der Waals surface area contributed by atoms with Crippen molar-refractivity contribution in [2.75, 3.05) is 4.90 Å². The average molecular weight is 338 g/mol. The predicted octanol–water partition coefficient (Wildman–Crippen LogP) is 4.84. The van der Waals surface area contributed by atoms with Crippen LogP contribution < -0.4 is 4.90 Å². The standard InChI is InChI=1S/C19H18N2O2S/c22-18-17(24-19(23)21(18)16-8-2-1-3-9-16)12-14-10-11-20(13-14)15-6-4-5-7-15/h1-3,8-13,15H,4-7H2/b17-12+. The van der Waals surface area contributed by atoms with Gasteiger partial charge in [0.1, 0.15) is 0 Å². The van der Waals surface area contributed by atoms with Crippen LogP contribution in [0.4, 0.5) is 10.5 Å². The fourth-order valence-corrected chi connectivity index (χ4v) is 4.21. The van der Waals surface area contributed by atoms with E-state index in [4.69, 9.17) is 0 Å². The van der Waals surface area contributed by atoms with Crippen molar-refractivity contribution in [1.29, 1.82) is 0 Å². The van der Waals surface area contributed by atoms with Crippen LogP contribution in [0.25, 0.3) is 6.08 Å². The van der Waals surface area contributed by atoms with Crippen LogP contribution >= 0.6 is 11.8 Å². The van der Waals surface area contributed by atoms with Crippen molar-refractivity contribution in [1.82, 2.24) is 4.57 Å². The summed E-state index contributed by atoms with van der Waals surface area (Å²) in [6, 6.07) is 11.6. The molecule has 1 saturated heterocycles. The van der Waals surface area contributed by atoms with E-state index in [1.54, 1.807) is 12.1 Å². The first-order chi connectivity index (χ1) is 11.7. The van der Waals surface area contributed by atoms with Gasteiger partial charge in [0, 0.05) is 18.4 Å². The molecular weight excluding hydrogens is 320 g/mol. The Balaban J connectivity index is 1.57. The summed E-state index contributed by atoms with van der Waals surface area (Å²) < 4.78 is 2.24. The van der Waals surface area contributed by atoms with E-state index < -0.39 is 0 Å². The lowest BCUT2D eigenvalue weighted by atomic mass is 10.2. The fourth-order valence-electron chi connectivity index (χ4n) is 3.36. The number of carbonyl (C=O) groups excluding carboxylic acids is 2. The van der Waals surface area contributed by atoms with Crippen LogP contribution in [0.1, 0.15) is 37.3 Å². The highest BCUT2D eigenvalue weighted by Gasteiger charge is 2.36. The van der Waals surface area contributed by atoms with Gasteiger partial charge in [-0.25, -0.2) is 4.90 Å². The van der Waals surface area contributed by atoms with Gasteiger partial charge in [0.15, 0.2) is 0 Å². The van der Waals surface area contributed by atoms with Crippen LogP contribution in [0.15, 0.2) is 53.7 Å². The molecule has 4 nitrogen and oxygen atoms in total. The Morgan fingerprint density at radius 1 is 1.04 bits per heavy atom. The van der Waals surface area contributed by atoms with E-state index in [0.717, 1.165) is 17.3 Å². The van der Waals surface area contributed by atoms with Crippen molar-refractivity contribution in [3.8, 4) is 0 Å². The molecule has 0 bridgehead atoms. The van der Waals surface area contributed by atoms with E-state index in [1.165, 1.54) is 30.6 Å². The van der Waals surface area contributed by atoms with Crippen molar-refractivity contribution in [3.63, 3.8) is 0 Å². The summed E-state index contributed by atoms with van der Waals surface area (Å²) >= 11 is 1.00. The summed E-state index contributed by atoms with van der Waals surface area (Å²) in [5.74, 6) is -0.246. The van der Waals surface area contributed by atoms with Crippen LogP contribution in [0.5, 0.6) is 0 Å². The van der Waals surface area contributed by atoms with E-state index >= 15 is 0 Å². The van der Waals surface area contributed by atoms with Crippen molar-refractivity contribution in [2.45, 2.75) is 31.7 Å². The number of imide groups is 1. The van der Waals surface area contributed by atoms with E-state index in [0.29, 0.717) is 16.6 Å². The maximum Gasteiger partial charge on any atom is 0.298 e. The SMILES string of the molecule is O=C1S/C(=C/c2ccn(C3CCCC3)c2)C(=O)N1c1ccccc1. The minimum Gasteiger partial charge on any atom is -0.351 e. The zero-order valence-corrected chi connectivity index (χ0v) is 14.0. The Morgan fingerprint density at radius 2 is 1.79 bits per heavy atom. The largest absolute Gasteiger partial charge is 0.351 e. The van der Waals surface area contributed by atoms with Gasteiger partial charge in [0.05, 0.1) is 10.6 Å². The van der Waals surface area contributed by atoms with Gasteiger partial charge < -0.3 is 4.57 Å². The van der Waals surface area contributed by atoms with Gasteiger partial charge in [0.2, 0.25) is 0 Å². The molecule has 1 aliphatic carbocycles. The first-order valence-corrected chi connectivity index (χ1v) is 9.04. The number of para-hydroxylation sites is 1. The third-order valence-electron chi connectivity index (χ3n) is 4.59. The molecule has 5 heteroatoms.